The summed E-state index contributed by atoms with van der Waals surface area (Å²) < 4.78 is 5.09. The van der Waals surface area contributed by atoms with Crippen LogP contribution in [-0.4, -0.2) is 29.2 Å². The molecule has 2 aromatic rings. The van der Waals surface area contributed by atoms with Gasteiger partial charge in [0.1, 0.15) is 5.76 Å². The number of amides is 2. The summed E-state index contributed by atoms with van der Waals surface area (Å²) in [5.41, 5.74) is 3.35. The number of hydrogen-bond donors (Lipinski definition) is 1. The number of hydrogen-bond acceptors (Lipinski definition) is 3. The number of aromatic nitrogens is 1. The van der Waals surface area contributed by atoms with Gasteiger partial charge in [0.25, 0.3) is 0 Å². The summed E-state index contributed by atoms with van der Waals surface area (Å²) in [6, 6.07) is 7.68. The fourth-order valence-corrected chi connectivity index (χ4v) is 3.06. The van der Waals surface area contributed by atoms with E-state index in [4.69, 9.17) is 16.1 Å². The third-order valence-corrected chi connectivity index (χ3v) is 4.94. The minimum Gasteiger partial charge on any atom is -0.359 e. The summed E-state index contributed by atoms with van der Waals surface area (Å²) in [5.74, 6) is 1.52. The maximum Gasteiger partial charge on any atom is 0.323 e. The van der Waals surface area contributed by atoms with Crippen LogP contribution >= 0.6 is 11.6 Å². The molecule has 1 aliphatic heterocycles. The Morgan fingerprint density at radius 2 is 2.08 bits per heavy atom. The van der Waals surface area contributed by atoms with Crippen LogP contribution in [0.4, 0.5) is 10.6 Å². The van der Waals surface area contributed by atoms with Gasteiger partial charge in [-0.15, -0.1) is 0 Å². The zero-order valence-electron chi connectivity index (χ0n) is 14.7. The number of rotatable bonds is 2. The lowest BCUT2D eigenvalue weighted by molar-refractivity contribution is 0.197. The molecule has 1 aromatic carbocycles. The van der Waals surface area contributed by atoms with E-state index in [2.05, 4.69) is 23.5 Å². The number of likely N-dealkylation sites (tertiary alicyclic amines) is 1. The van der Waals surface area contributed by atoms with Crippen LogP contribution in [0.3, 0.4) is 0 Å². The summed E-state index contributed by atoms with van der Waals surface area (Å²) >= 11 is 5.93. The van der Waals surface area contributed by atoms with Crippen molar-refractivity contribution in [2.24, 2.45) is 5.92 Å². The molecule has 0 saturated carbocycles. The van der Waals surface area contributed by atoms with Crippen LogP contribution in [0.2, 0.25) is 5.02 Å². The highest BCUT2D eigenvalue weighted by atomic mass is 35.5. The van der Waals surface area contributed by atoms with Gasteiger partial charge in [-0.3, -0.25) is 5.32 Å². The standard InChI is InChI=1S/C19H22ClN3O2/c1-12-11-23(19(24)21-18-13(2)14(3)25-22-18)9-8-16(12)10-15-4-6-17(20)7-5-15/h4-7,10,12H,8-9,11H2,1-3H3,(H,21,22,24)/b16-10+. The quantitative estimate of drug-likeness (QED) is 0.829. The lowest BCUT2D eigenvalue weighted by atomic mass is 9.91. The van der Waals surface area contributed by atoms with Crippen molar-refractivity contribution in [2.75, 3.05) is 18.4 Å². The van der Waals surface area contributed by atoms with Crippen LogP contribution in [0.25, 0.3) is 6.08 Å². The Hall–Kier alpha value is -2.27. The van der Waals surface area contributed by atoms with Gasteiger partial charge in [0, 0.05) is 23.7 Å². The Labute approximate surface area is 152 Å². The SMILES string of the molecule is Cc1onc(NC(=O)N2CC/C(=C\c3ccc(Cl)cc3)C(C)C2)c1C. The van der Waals surface area contributed by atoms with Crippen molar-refractivity contribution in [3.8, 4) is 0 Å². The summed E-state index contributed by atoms with van der Waals surface area (Å²) in [7, 11) is 0. The van der Waals surface area contributed by atoms with Crippen molar-refractivity contribution in [3.63, 3.8) is 0 Å². The zero-order chi connectivity index (χ0) is 18.0. The first kappa shape index (κ1) is 17.5. The normalized spacial score (nSPS) is 19.3. The van der Waals surface area contributed by atoms with Gasteiger partial charge >= 0.3 is 6.03 Å². The van der Waals surface area contributed by atoms with Crippen molar-refractivity contribution in [2.45, 2.75) is 27.2 Å². The first-order valence-electron chi connectivity index (χ1n) is 8.39. The van der Waals surface area contributed by atoms with Crippen LogP contribution < -0.4 is 5.32 Å². The van der Waals surface area contributed by atoms with Crippen LogP contribution in [-0.2, 0) is 0 Å². The third-order valence-electron chi connectivity index (χ3n) is 4.69. The van der Waals surface area contributed by atoms with E-state index < -0.39 is 0 Å². The van der Waals surface area contributed by atoms with Gasteiger partial charge in [0.05, 0.1) is 0 Å². The van der Waals surface area contributed by atoms with Crippen molar-refractivity contribution in [1.29, 1.82) is 0 Å². The van der Waals surface area contributed by atoms with Crippen LogP contribution in [0.15, 0.2) is 34.4 Å². The first-order chi connectivity index (χ1) is 11.9. The average Bonchev–Trinajstić information content (AvgIpc) is 2.90. The maximum absolute atomic E-state index is 12.5. The molecule has 2 amide bonds. The molecule has 1 unspecified atom stereocenters. The van der Waals surface area contributed by atoms with Gasteiger partial charge in [-0.25, -0.2) is 4.79 Å². The highest BCUT2D eigenvalue weighted by molar-refractivity contribution is 6.30. The number of carbonyl (C=O) groups excluding carboxylic acids is 1. The van der Waals surface area contributed by atoms with E-state index in [9.17, 15) is 4.79 Å². The number of urea groups is 1. The molecule has 1 aromatic heterocycles. The van der Waals surface area contributed by atoms with Crippen LogP contribution in [0.5, 0.6) is 0 Å². The predicted octanol–water partition coefficient (Wildman–Crippen LogP) is 4.90. The number of piperidine rings is 1. The minimum atomic E-state index is -0.131. The molecule has 2 heterocycles. The van der Waals surface area contributed by atoms with E-state index in [0.29, 0.717) is 24.8 Å². The molecule has 6 heteroatoms. The van der Waals surface area contributed by atoms with Gasteiger partial charge in [-0.2, -0.15) is 0 Å². The van der Waals surface area contributed by atoms with Crippen LogP contribution in [0.1, 0.15) is 30.2 Å². The smallest absolute Gasteiger partial charge is 0.323 e. The third kappa shape index (κ3) is 4.04. The van der Waals surface area contributed by atoms with E-state index >= 15 is 0 Å². The van der Waals surface area contributed by atoms with E-state index in [1.807, 2.05) is 43.0 Å². The molecule has 0 spiro atoms. The van der Waals surface area contributed by atoms with Gasteiger partial charge in [0.15, 0.2) is 5.82 Å². The molecular formula is C19H22ClN3O2. The van der Waals surface area contributed by atoms with E-state index in [1.165, 1.54) is 5.57 Å². The topological polar surface area (TPSA) is 58.4 Å². The summed E-state index contributed by atoms with van der Waals surface area (Å²) in [5, 5.41) is 7.47. The lowest BCUT2D eigenvalue weighted by Crippen LogP contribution is -2.42. The number of anilines is 1. The van der Waals surface area contributed by atoms with Crippen molar-refractivity contribution in [3.05, 3.63) is 51.7 Å². The molecule has 1 aliphatic rings. The van der Waals surface area contributed by atoms with Gasteiger partial charge in [0.2, 0.25) is 0 Å². The van der Waals surface area contributed by atoms with Crippen molar-refractivity contribution in [1.82, 2.24) is 10.1 Å². The molecule has 132 valence electrons. The number of halogens is 1. The van der Waals surface area contributed by atoms with Gasteiger partial charge in [-0.05, 0) is 43.9 Å². The predicted molar refractivity (Wildman–Crippen MR) is 99.8 cm³/mol. The molecule has 0 aliphatic carbocycles. The molecule has 1 fully saturated rings. The molecular weight excluding hydrogens is 338 g/mol. The number of aryl methyl sites for hydroxylation is 1. The molecule has 25 heavy (non-hydrogen) atoms. The molecule has 1 saturated heterocycles. The number of nitrogens with zero attached hydrogens (tertiary/aromatic N) is 2. The van der Waals surface area contributed by atoms with Crippen molar-refractivity contribution < 1.29 is 9.32 Å². The second-order valence-electron chi connectivity index (χ2n) is 6.51. The molecule has 0 radical (unpaired) electrons. The fourth-order valence-electron chi connectivity index (χ4n) is 2.94. The van der Waals surface area contributed by atoms with Gasteiger partial charge < -0.3 is 9.42 Å². The molecule has 3 rings (SSSR count). The van der Waals surface area contributed by atoms with Crippen molar-refractivity contribution >= 4 is 29.5 Å². The zero-order valence-corrected chi connectivity index (χ0v) is 15.4. The Balaban J connectivity index is 1.64. The van der Waals surface area contributed by atoms with E-state index in [1.54, 1.807) is 0 Å². The minimum absolute atomic E-state index is 0.131. The largest absolute Gasteiger partial charge is 0.359 e. The van der Waals surface area contributed by atoms with E-state index in [0.717, 1.165) is 28.3 Å². The summed E-state index contributed by atoms with van der Waals surface area (Å²) in [4.78, 5) is 14.3. The Bertz CT molecular complexity index is 796. The molecule has 5 nitrogen and oxygen atoms in total. The number of benzene rings is 1. The fraction of sp³-hybridized carbons (Fsp3) is 0.368. The highest BCUT2D eigenvalue weighted by Gasteiger charge is 2.25. The van der Waals surface area contributed by atoms with Crippen LogP contribution in [0, 0.1) is 19.8 Å². The summed E-state index contributed by atoms with van der Waals surface area (Å²) in [6.45, 7) is 7.22. The van der Waals surface area contributed by atoms with Gasteiger partial charge in [-0.1, -0.05) is 47.5 Å². The average molecular weight is 360 g/mol. The Kier molecular flexibility index (Phi) is 5.13. The lowest BCUT2D eigenvalue weighted by Gasteiger charge is -2.33. The Morgan fingerprint density at radius 1 is 1.36 bits per heavy atom. The molecule has 1 N–H and O–H groups in total. The maximum atomic E-state index is 12.5. The first-order valence-corrected chi connectivity index (χ1v) is 8.76. The molecule has 1 atom stereocenters. The highest BCUT2D eigenvalue weighted by Crippen LogP contribution is 2.26. The Morgan fingerprint density at radius 3 is 2.68 bits per heavy atom. The molecule has 0 bridgehead atoms. The number of carbonyl (C=O) groups is 1. The van der Waals surface area contributed by atoms with E-state index in [-0.39, 0.29) is 6.03 Å². The second kappa shape index (κ2) is 7.31. The second-order valence-corrected chi connectivity index (χ2v) is 6.95. The monoisotopic (exact) mass is 359 g/mol. The summed E-state index contributed by atoms with van der Waals surface area (Å²) in [6.07, 6.45) is 3.05. The number of nitrogens with one attached hydrogen (secondary N) is 1.